The third-order valence-corrected chi connectivity index (χ3v) is 4.86. The second-order valence-corrected chi connectivity index (χ2v) is 6.78. The highest BCUT2D eigenvalue weighted by atomic mass is 16.5. The summed E-state index contributed by atoms with van der Waals surface area (Å²) in [6, 6.07) is 16.2. The number of aliphatic hydroxyl groups is 1. The van der Waals surface area contributed by atoms with Gasteiger partial charge in [0.1, 0.15) is 18.5 Å². The van der Waals surface area contributed by atoms with Crippen LogP contribution in [0.2, 0.25) is 0 Å². The number of nitrogens with zero attached hydrogens (tertiary/aromatic N) is 2. The van der Waals surface area contributed by atoms with Crippen LogP contribution in [0.4, 0.5) is 0 Å². The fourth-order valence-corrected chi connectivity index (χ4v) is 3.49. The summed E-state index contributed by atoms with van der Waals surface area (Å²) in [5.74, 6) is 0.780. The predicted octanol–water partition coefficient (Wildman–Crippen LogP) is 2.97. The van der Waals surface area contributed by atoms with Crippen molar-refractivity contribution < 1.29 is 14.6 Å². The van der Waals surface area contributed by atoms with Gasteiger partial charge >= 0.3 is 0 Å². The lowest BCUT2D eigenvalue weighted by Crippen LogP contribution is -2.42. The highest BCUT2D eigenvalue weighted by Gasteiger charge is 2.16. The molecular formula is C22H24N2O3. The Morgan fingerprint density at radius 2 is 1.85 bits per heavy atom. The monoisotopic (exact) mass is 364 g/mol. The summed E-state index contributed by atoms with van der Waals surface area (Å²) in [6.45, 7) is 4.04. The van der Waals surface area contributed by atoms with Gasteiger partial charge in [0.15, 0.2) is 0 Å². The van der Waals surface area contributed by atoms with Gasteiger partial charge in [-0.2, -0.15) is 0 Å². The quantitative estimate of drug-likeness (QED) is 0.729. The Morgan fingerprint density at radius 3 is 2.74 bits per heavy atom. The van der Waals surface area contributed by atoms with Crippen molar-refractivity contribution in [2.75, 3.05) is 39.5 Å². The minimum absolute atomic E-state index is 0.265. The first-order chi connectivity index (χ1) is 13.3. The van der Waals surface area contributed by atoms with Gasteiger partial charge in [0.25, 0.3) is 0 Å². The molecule has 0 aliphatic carbocycles. The Kier molecular flexibility index (Phi) is 5.63. The number of β-amino-alcohol motifs (C(OH)–C–C–N with tert-alkyl or cyclic N) is 1. The second kappa shape index (κ2) is 8.48. The zero-order valence-electron chi connectivity index (χ0n) is 15.3. The summed E-state index contributed by atoms with van der Waals surface area (Å²) in [7, 11) is 0. The highest BCUT2D eigenvalue weighted by molar-refractivity contribution is 5.97. The molecule has 1 unspecified atom stereocenters. The molecule has 1 aliphatic heterocycles. The van der Waals surface area contributed by atoms with Gasteiger partial charge in [-0.05, 0) is 23.1 Å². The lowest BCUT2D eigenvalue weighted by molar-refractivity contribution is 0.00471. The molecule has 0 radical (unpaired) electrons. The number of morpholine rings is 1. The molecule has 1 aliphatic rings. The number of para-hydroxylation sites is 1. The molecule has 3 aromatic rings. The molecule has 2 heterocycles. The molecule has 2 aromatic carbocycles. The molecule has 5 nitrogen and oxygen atoms in total. The van der Waals surface area contributed by atoms with Gasteiger partial charge < -0.3 is 14.6 Å². The predicted molar refractivity (Wildman–Crippen MR) is 106 cm³/mol. The first-order valence-electron chi connectivity index (χ1n) is 9.34. The van der Waals surface area contributed by atoms with Crippen LogP contribution in [0.3, 0.4) is 0 Å². The first-order valence-corrected chi connectivity index (χ1v) is 9.34. The molecule has 1 atom stereocenters. The molecule has 1 N–H and O–H groups in total. The van der Waals surface area contributed by atoms with Crippen LogP contribution >= 0.6 is 0 Å². The van der Waals surface area contributed by atoms with E-state index in [-0.39, 0.29) is 6.61 Å². The van der Waals surface area contributed by atoms with E-state index in [0.29, 0.717) is 6.54 Å². The van der Waals surface area contributed by atoms with E-state index in [4.69, 9.17) is 9.47 Å². The molecule has 1 fully saturated rings. The lowest BCUT2D eigenvalue weighted by Gasteiger charge is -2.28. The van der Waals surface area contributed by atoms with E-state index < -0.39 is 6.10 Å². The zero-order valence-corrected chi connectivity index (χ0v) is 15.3. The summed E-state index contributed by atoms with van der Waals surface area (Å²) in [4.78, 5) is 6.42. The van der Waals surface area contributed by atoms with Gasteiger partial charge in [-0.15, -0.1) is 0 Å². The van der Waals surface area contributed by atoms with Gasteiger partial charge in [-0.25, -0.2) is 0 Å². The smallest absolute Gasteiger partial charge is 0.127 e. The van der Waals surface area contributed by atoms with Gasteiger partial charge in [0.05, 0.1) is 13.2 Å². The number of rotatable bonds is 6. The van der Waals surface area contributed by atoms with Crippen molar-refractivity contribution in [3.63, 3.8) is 0 Å². The van der Waals surface area contributed by atoms with E-state index in [0.717, 1.165) is 54.0 Å². The van der Waals surface area contributed by atoms with Crippen molar-refractivity contribution in [1.82, 2.24) is 9.88 Å². The van der Waals surface area contributed by atoms with E-state index in [1.54, 1.807) is 6.20 Å². The highest BCUT2D eigenvalue weighted by Crippen LogP contribution is 2.34. The molecule has 4 rings (SSSR count). The Balaban J connectivity index is 1.51. The number of hydrogen-bond acceptors (Lipinski definition) is 5. The number of ether oxygens (including phenoxy) is 2. The van der Waals surface area contributed by atoms with Gasteiger partial charge in [-0.1, -0.05) is 36.4 Å². The van der Waals surface area contributed by atoms with Crippen LogP contribution in [0.5, 0.6) is 5.75 Å². The summed E-state index contributed by atoms with van der Waals surface area (Å²) in [5, 5.41) is 12.6. The number of aliphatic hydroxyl groups excluding tert-OH is 1. The van der Waals surface area contributed by atoms with Crippen molar-refractivity contribution in [2.45, 2.75) is 6.10 Å². The minimum atomic E-state index is -0.534. The van der Waals surface area contributed by atoms with Crippen LogP contribution in [-0.2, 0) is 4.74 Å². The van der Waals surface area contributed by atoms with Crippen molar-refractivity contribution >= 4 is 10.8 Å². The van der Waals surface area contributed by atoms with Crippen LogP contribution in [0.1, 0.15) is 0 Å². The van der Waals surface area contributed by atoms with Crippen molar-refractivity contribution in [1.29, 1.82) is 0 Å². The van der Waals surface area contributed by atoms with Gasteiger partial charge in [0, 0.05) is 43.0 Å². The van der Waals surface area contributed by atoms with Crippen LogP contribution in [-0.4, -0.2) is 60.5 Å². The SMILES string of the molecule is OC(COc1ccccc1-c1cccc2cnccc12)CN1CCOCC1. The van der Waals surface area contributed by atoms with Crippen molar-refractivity contribution in [2.24, 2.45) is 0 Å². The zero-order chi connectivity index (χ0) is 18.5. The van der Waals surface area contributed by atoms with E-state index in [2.05, 4.69) is 28.1 Å². The molecule has 1 aromatic heterocycles. The van der Waals surface area contributed by atoms with Crippen LogP contribution < -0.4 is 4.74 Å². The Morgan fingerprint density at radius 1 is 1.04 bits per heavy atom. The molecule has 0 amide bonds. The summed E-state index contributed by atoms with van der Waals surface area (Å²) < 4.78 is 11.4. The molecule has 27 heavy (non-hydrogen) atoms. The van der Waals surface area contributed by atoms with Crippen LogP contribution in [0.15, 0.2) is 60.9 Å². The van der Waals surface area contributed by atoms with E-state index in [1.807, 2.05) is 36.5 Å². The van der Waals surface area contributed by atoms with E-state index in [1.165, 1.54) is 0 Å². The standard InChI is InChI=1S/C22H24N2O3/c25-18(15-24-10-12-26-13-11-24)16-27-22-7-2-1-5-21(22)20-6-3-4-17-14-23-9-8-19(17)20/h1-9,14,18,25H,10-13,15-16H2. The number of fused-ring (bicyclic) bond motifs is 1. The fourth-order valence-electron chi connectivity index (χ4n) is 3.49. The van der Waals surface area contributed by atoms with E-state index in [9.17, 15) is 5.11 Å². The number of benzene rings is 2. The Hall–Kier alpha value is -2.47. The molecule has 1 saturated heterocycles. The summed E-state index contributed by atoms with van der Waals surface area (Å²) in [5.41, 5.74) is 2.13. The second-order valence-electron chi connectivity index (χ2n) is 6.78. The van der Waals surface area contributed by atoms with E-state index >= 15 is 0 Å². The first kappa shape index (κ1) is 17.9. The van der Waals surface area contributed by atoms with Crippen LogP contribution in [0.25, 0.3) is 21.9 Å². The maximum atomic E-state index is 10.4. The summed E-state index contributed by atoms with van der Waals surface area (Å²) in [6.07, 6.45) is 3.14. The largest absolute Gasteiger partial charge is 0.490 e. The van der Waals surface area contributed by atoms with Crippen molar-refractivity contribution in [3.05, 3.63) is 60.9 Å². The third-order valence-electron chi connectivity index (χ3n) is 4.86. The number of pyridine rings is 1. The maximum Gasteiger partial charge on any atom is 0.127 e. The minimum Gasteiger partial charge on any atom is -0.490 e. The fraction of sp³-hybridized carbons (Fsp3) is 0.318. The third kappa shape index (κ3) is 4.27. The topological polar surface area (TPSA) is 54.8 Å². The van der Waals surface area contributed by atoms with Gasteiger partial charge in [-0.3, -0.25) is 9.88 Å². The Bertz CT molecular complexity index is 888. The number of aromatic nitrogens is 1. The van der Waals surface area contributed by atoms with Crippen molar-refractivity contribution in [3.8, 4) is 16.9 Å². The van der Waals surface area contributed by atoms with Gasteiger partial charge in [0.2, 0.25) is 0 Å². The molecule has 0 spiro atoms. The molecular weight excluding hydrogens is 340 g/mol. The molecule has 0 saturated carbocycles. The molecule has 5 heteroatoms. The Labute approximate surface area is 159 Å². The molecule has 140 valence electrons. The average molecular weight is 364 g/mol. The molecule has 0 bridgehead atoms. The maximum absolute atomic E-state index is 10.4. The average Bonchev–Trinajstić information content (AvgIpc) is 2.73. The number of hydrogen-bond donors (Lipinski definition) is 1. The normalized spacial score (nSPS) is 16.3. The van der Waals surface area contributed by atoms with Crippen LogP contribution in [0, 0.1) is 0 Å². The summed E-state index contributed by atoms with van der Waals surface area (Å²) >= 11 is 0. The lowest BCUT2D eigenvalue weighted by atomic mass is 9.99.